The van der Waals surface area contributed by atoms with Crippen LogP contribution in [-0.4, -0.2) is 11.7 Å². The molecule has 66 valence electrons. The fourth-order valence-corrected chi connectivity index (χ4v) is 0.831. The molecule has 0 heterocycles. The van der Waals surface area contributed by atoms with Crippen molar-refractivity contribution in [3.63, 3.8) is 0 Å². The van der Waals surface area contributed by atoms with Crippen LogP contribution >= 0.6 is 0 Å². The van der Waals surface area contributed by atoms with E-state index in [4.69, 9.17) is 5.11 Å². The maximum absolute atomic E-state index is 8.94. The Kier molecular flexibility index (Phi) is 4.43. The van der Waals surface area contributed by atoms with Gasteiger partial charge in [0.2, 0.25) is 0 Å². The lowest BCUT2D eigenvalue weighted by Crippen LogP contribution is -2.15. The van der Waals surface area contributed by atoms with Gasteiger partial charge in [-0.15, -0.1) is 0 Å². The second kappa shape index (κ2) is 4.55. The van der Waals surface area contributed by atoms with Crippen LogP contribution in [0.15, 0.2) is 11.6 Å². The van der Waals surface area contributed by atoms with E-state index in [1.807, 2.05) is 0 Å². The first-order valence-corrected chi connectivity index (χ1v) is 4.22. The summed E-state index contributed by atoms with van der Waals surface area (Å²) < 4.78 is 0. The first-order chi connectivity index (χ1) is 4.98. The summed E-state index contributed by atoms with van der Waals surface area (Å²) in [7, 11) is 0. The van der Waals surface area contributed by atoms with Crippen molar-refractivity contribution in [2.75, 3.05) is 6.61 Å². The third-order valence-corrected chi connectivity index (χ3v) is 1.80. The molecule has 0 unspecified atom stereocenters. The van der Waals surface area contributed by atoms with Gasteiger partial charge in [-0.05, 0) is 32.1 Å². The monoisotopic (exact) mass is 156 g/mol. The third kappa shape index (κ3) is 6.11. The molecule has 1 heteroatoms. The summed E-state index contributed by atoms with van der Waals surface area (Å²) in [5.41, 5.74) is 1.45. The molecule has 0 spiro atoms. The minimum absolute atomic E-state index is 0.0892. The van der Waals surface area contributed by atoms with Gasteiger partial charge in [0.15, 0.2) is 0 Å². The van der Waals surface area contributed by atoms with Crippen molar-refractivity contribution in [3.05, 3.63) is 11.6 Å². The van der Waals surface area contributed by atoms with Crippen LogP contribution in [0, 0.1) is 5.41 Å². The van der Waals surface area contributed by atoms with Gasteiger partial charge in [-0.25, -0.2) is 0 Å². The van der Waals surface area contributed by atoms with E-state index in [0.717, 1.165) is 12.8 Å². The van der Waals surface area contributed by atoms with Gasteiger partial charge in [0.1, 0.15) is 0 Å². The van der Waals surface area contributed by atoms with Crippen molar-refractivity contribution in [1.82, 2.24) is 0 Å². The van der Waals surface area contributed by atoms with Crippen LogP contribution in [0.25, 0.3) is 0 Å². The van der Waals surface area contributed by atoms with Crippen molar-refractivity contribution in [1.29, 1.82) is 0 Å². The largest absolute Gasteiger partial charge is 0.396 e. The molecule has 0 aliphatic heterocycles. The van der Waals surface area contributed by atoms with Gasteiger partial charge in [0.05, 0.1) is 0 Å². The Balaban J connectivity index is 3.62. The van der Waals surface area contributed by atoms with Gasteiger partial charge in [-0.3, -0.25) is 0 Å². The van der Waals surface area contributed by atoms with E-state index >= 15 is 0 Å². The highest BCUT2D eigenvalue weighted by molar-refractivity contribution is 4.93. The lowest BCUT2D eigenvalue weighted by Gasteiger charge is -2.20. The van der Waals surface area contributed by atoms with E-state index in [1.165, 1.54) is 5.57 Å². The zero-order chi connectivity index (χ0) is 8.91. The van der Waals surface area contributed by atoms with Gasteiger partial charge < -0.3 is 5.11 Å². The van der Waals surface area contributed by atoms with Crippen molar-refractivity contribution < 1.29 is 5.11 Å². The van der Waals surface area contributed by atoms with Gasteiger partial charge in [-0.2, -0.15) is 0 Å². The molecule has 0 rings (SSSR count). The van der Waals surface area contributed by atoms with Gasteiger partial charge in [0, 0.05) is 6.61 Å². The molecule has 1 N–H and O–H groups in total. The second-order valence-electron chi connectivity index (χ2n) is 4.14. The summed E-state index contributed by atoms with van der Waals surface area (Å²) in [6.45, 7) is 8.67. The minimum atomic E-state index is 0.0892. The minimum Gasteiger partial charge on any atom is -0.396 e. The molecule has 0 atom stereocenters. The molecule has 0 aliphatic rings. The Morgan fingerprint density at radius 2 is 1.91 bits per heavy atom. The standard InChI is InChI=1S/C10H20O/c1-9(2)6-5-7-10(3,4)8-11/h6,11H,5,7-8H2,1-4H3. The fourth-order valence-electron chi connectivity index (χ4n) is 0.831. The molecule has 0 bridgehead atoms. The van der Waals surface area contributed by atoms with Crippen LogP contribution in [0.3, 0.4) is 0 Å². The Morgan fingerprint density at radius 3 is 2.27 bits per heavy atom. The summed E-state index contributed by atoms with van der Waals surface area (Å²) in [5, 5.41) is 8.94. The van der Waals surface area contributed by atoms with E-state index in [0.29, 0.717) is 0 Å². The van der Waals surface area contributed by atoms with Crippen LogP contribution < -0.4 is 0 Å². The number of allylic oxidation sites excluding steroid dienone is 2. The van der Waals surface area contributed by atoms with E-state index in [-0.39, 0.29) is 12.0 Å². The maximum Gasteiger partial charge on any atom is 0.0482 e. The molecule has 0 amide bonds. The maximum atomic E-state index is 8.94. The second-order valence-corrected chi connectivity index (χ2v) is 4.14. The molecule has 0 fully saturated rings. The molecule has 11 heavy (non-hydrogen) atoms. The highest BCUT2D eigenvalue weighted by Gasteiger charge is 2.14. The molecular formula is C10H20O. The predicted octanol–water partition coefficient (Wildman–Crippen LogP) is 2.75. The van der Waals surface area contributed by atoms with E-state index in [2.05, 4.69) is 33.8 Å². The molecule has 0 saturated carbocycles. The number of aliphatic hydroxyl groups excluding tert-OH is 1. The topological polar surface area (TPSA) is 20.2 Å². The third-order valence-electron chi connectivity index (χ3n) is 1.80. The van der Waals surface area contributed by atoms with E-state index in [9.17, 15) is 0 Å². The average Bonchev–Trinajstić information content (AvgIpc) is 1.87. The smallest absolute Gasteiger partial charge is 0.0482 e. The normalized spacial score (nSPS) is 11.4. The molecule has 1 nitrogen and oxygen atoms in total. The number of rotatable bonds is 4. The van der Waals surface area contributed by atoms with E-state index in [1.54, 1.807) is 0 Å². The van der Waals surface area contributed by atoms with Gasteiger partial charge >= 0.3 is 0 Å². The quantitative estimate of drug-likeness (QED) is 0.620. The summed E-state index contributed by atoms with van der Waals surface area (Å²) >= 11 is 0. The van der Waals surface area contributed by atoms with Crippen LogP contribution in [0.2, 0.25) is 0 Å². The van der Waals surface area contributed by atoms with Crippen molar-refractivity contribution in [3.8, 4) is 0 Å². The molecule has 0 aromatic rings. The predicted molar refractivity (Wildman–Crippen MR) is 49.5 cm³/mol. The lowest BCUT2D eigenvalue weighted by atomic mass is 9.89. The summed E-state index contributed by atoms with van der Waals surface area (Å²) in [5.74, 6) is 0. The molecule has 0 saturated heterocycles. The van der Waals surface area contributed by atoms with Crippen molar-refractivity contribution in [2.24, 2.45) is 5.41 Å². The lowest BCUT2D eigenvalue weighted by molar-refractivity contribution is 0.151. The zero-order valence-electron chi connectivity index (χ0n) is 8.15. The summed E-state index contributed by atoms with van der Waals surface area (Å²) in [6.07, 6.45) is 4.36. The SMILES string of the molecule is CC(C)=CCCC(C)(C)CO. The Hall–Kier alpha value is -0.300. The average molecular weight is 156 g/mol. The first kappa shape index (κ1) is 10.7. The van der Waals surface area contributed by atoms with Crippen LogP contribution in [0.1, 0.15) is 40.5 Å². The highest BCUT2D eigenvalue weighted by atomic mass is 16.3. The Bertz CT molecular complexity index is 130. The van der Waals surface area contributed by atoms with Crippen LogP contribution in [-0.2, 0) is 0 Å². The first-order valence-electron chi connectivity index (χ1n) is 4.22. The molecule has 0 radical (unpaired) electrons. The summed E-state index contributed by atoms with van der Waals surface area (Å²) in [4.78, 5) is 0. The summed E-state index contributed by atoms with van der Waals surface area (Å²) in [6, 6.07) is 0. The zero-order valence-corrected chi connectivity index (χ0v) is 8.15. The Morgan fingerprint density at radius 1 is 1.36 bits per heavy atom. The molecule has 0 aromatic carbocycles. The van der Waals surface area contributed by atoms with Gasteiger partial charge in [-0.1, -0.05) is 25.5 Å². The van der Waals surface area contributed by atoms with E-state index < -0.39 is 0 Å². The van der Waals surface area contributed by atoms with Crippen molar-refractivity contribution >= 4 is 0 Å². The number of aliphatic hydroxyl groups is 1. The highest BCUT2D eigenvalue weighted by Crippen LogP contribution is 2.21. The molecule has 0 aromatic heterocycles. The van der Waals surface area contributed by atoms with Crippen LogP contribution in [0.5, 0.6) is 0 Å². The fraction of sp³-hybridized carbons (Fsp3) is 0.800. The Labute approximate surface area is 70.1 Å². The van der Waals surface area contributed by atoms with Crippen LogP contribution in [0.4, 0.5) is 0 Å². The molecular weight excluding hydrogens is 136 g/mol. The van der Waals surface area contributed by atoms with Gasteiger partial charge in [0.25, 0.3) is 0 Å². The number of hydrogen-bond donors (Lipinski definition) is 1. The van der Waals surface area contributed by atoms with Crippen molar-refractivity contribution in [2.45, 2.75) is 40.5 Å². The number of hydrogen-bond acceptors (Lipinski definition) is 1. The molecule has 0 aliphatic carbocycles.